The predicted octanol–water partition coefficient (Wildman–Crippen LogP) is 2.85. The van der Waals surface area contributed by atoms with Crippen molar-refractivity contribution >= 4 is 5.91 Å². The first-order valence-corrected chi connectivity index (χ1v) is 6.15. The van der Waals surface area contributed by atoms with Gasteiger partial charge in [0.15, 0.2) is 0 Å². The quantitative estimate of drug-likeness (QED) is 0.769. The van der Waals surface area contributed by atoms with Crippen LogP contribution in [-0.4, -0.2) is 17.4 Å². The molecule has 0 spiro atoms. The number of rotatable bonds is 1. The zero-order chi connectivity index (χ0) is 12.5. The summed E-state index contributed by atoms with van der Waals surface area (Å²) in [6.07, 6.45) is 2.62. The fourth-order valence-corrected chi connectivity index (χ4v) is 2.42. The Balaban J connectivity index is 1.95. The van der Waals surface area contributed by atoms with Gasteiger partial charge < -0.3 is 9.32 Å². The van der Waals surface area contributed by atoms with Crippen molar-refractivity contribution in [3.8, 4) is 11.3 Å². The number of amides is 1. The van der Waals surface area contributed by atoms with E-state index in [2.05, 4.69) is 18.2 Å². The molecule has 0 unspecified atom stereocenters. The van der Waals surface area contributed by atoms with E-state index in [-0.39, 0.29) is 5.91 Å². The summed E-state index contributed by atoms with van der Waals surface area (Å²) in [5.74, 6) is 1.02. The summed E-state index contributed by atoms with van der Waals surface area (Å²) in [5.41, 5.74) is 3.64. The second-order valence-electron chi connectivity index (χ2n) is 4.65. The minimum Gasteiger partial charge on any atom is -0.464 e. The number of carbonyl (C=O) groups is 1. The zero-order valence-corrected chi connectivity index (χ0v) is 10.3. The van der Waals surface area contributed by atoms with Crippen molar-refractivity contribution < 1.29 is 9.21 Å². The molecular formula is C15H15NO2. The third-order valence-corrected chi connectivity index (χ3v) is 3.47. The van der Waals surface area contributed by atoms with Gasteiger partial charge in [-0.05, 0) is 35.7 Å². The molecule has 3 heteroatoms. The Morgan fingerprint density at radius 2 is 2.17 bits per heavy atom. The van der Waals surface area contributed by atoms with Crippen LogP contribution >= 0.6 is 0 Å². The maximum atomic E-state index is 11.4. The summed E-state index contributed by atoms with van der Waals surface area (Å²) in [5, 5.41) is 0. The Hall–Kier alpha value is -2.03. The van der Waals surface area contributed by atoms with Crippen LogP contribution in [-0.2, 0) is 17.8 Å². The highest BCUT2D eigenvalue weighted by Crippen LogP contribution is 2.26. The molecule has 3 nitrogen and oxygen atoms in total. The van der Waals surface area contributed by atoms with Crippen molar-refractivity contribution in [3.63, 3.8) is 0 Å². The van der Waals surface area contributed by atoms with Crippen molar-refractivity contribution in [2.75, 3.05) is 6.54 Å². The van der Waals surface area contributed by atoms with Gasteiger partial charge in [-0.1, -0.05) is 12.1 Å². The second-order valence-corrected chi connectivity index (χ2v) is 4.65. The molecule has 1 aromatic heterocycles. The first-order chi connectivity index (χ1) is 8.74. The molecule has 0 N–H and O–H groups in total. The first kappa shape index (κ1) is 11.1. The van der Waals surface area contributed by atoms with Crippen LogP contribution in [0.4, 0.5) is 0 Å². The van der Waals surface area contributed by atoms with E-state index in [0.717, 1.165) is 24.3 Å². The van der Waals surface area contributed by atoms with Crippen LogP contribution in [0, 0.1) is 0 Å². The molecule has 92 valence electrons. The standard InChI is InChI=1S/C15H15NO2/c1-11(17)16-7-6-12-4-5-13(9-14(12)10-16)15-3-2-8-18-15/h2-5,8-9H,6-7,10H2,1H3. The van der Waals surface area contributed by atoms with E-state index >= 15 is 0 Å². The Morgan fingerprint density at radius 1 is 1.28 bits per heavy atom. The minimum absolute atomic E-state index is 0.143. The number of hydrogen-bond acceptors (Lipinski definition) is 2. The van der Waals surface area contributed by atoms with Gasteiger partial charge in [0.1, 0.15) is 5.76 Å². The molecule has 0 bridgehead atoms. The van der Waals surface area contributed by atoms with Crippen molar-refractivity contribution in [3.05, 3.63) is 47.7 Å². The molecule has 1 aliphatic heterocycles. The van der Waals surface area contributed by atoms with Crippen LogP contribution in [0.25, 0.3) is 11.3 Å². The molecule has 0 atom stereocenters. The highest BCUT2D eigenvalue weighted by Gasteiger charge is 2.18. The van der Waals surface area contributed by atoms with Gasteiger partial charge in [-0.3, -0.25) is 4.79 Å². The van der Waals surface area contributed by atoms with Gasteiger partial charge in [0.25, 0.3) is 0 Å². The van der Waals surface area contributed by atoms with Gasteiger partial charge in [0.05, 0.1) is 6.26 Å². The van der Waals surface area contributed by atoms with Crippen molar-refractivity contribution in [1.29, 1.82) is 0 Å². The number of carbonyl (C=O) groups excluding carboxylic acids is 1. The Labute approximate surface area is 106 Å². The average molecular weight is 241 g/mol. The molecular weight excluding hydrogens is 226 g/mol. The number of fused-ring (bicyclic) bond motifs is 1. The summed E-state index contributed by atoms with van der Waals surface area (Å²) in [4.78, 5) is 13.3. The average Bonchev–Trinajstić information content (AvgIpc) is 2.91. The van der Waals surface area contributed by atoms with Crippen LogP contribution in [0.5, 0.6) is 0 Å². The molecule has 18 heavy (non-hydrogen) atoms. The molecule has 2 aromatic rings. The van der Waals surface area contributed by atoms with Gasteiger partial charge in [0.2, 0.25) is 5.91 Å². The van der Waals surface area contributed by atoms with Crippen LogP contribution < -0.4 is 0 Å². The maximum absolute atomic E-state index is 11.4. The lowest BCUT2D eigenvalue weighted by Crippen LogP contribution is -2.34. The van der Waals surface area contributed by atoms with Crippen LogP contribution in [0.2, 0.25) is 0 Å². The second kappa shape index (κ2) is 4.33. The van der Waals surface area contributed by atoms with Gasteiger partial charge in [-0.15, -0.1) is 0 Å². The van der Waals surface area contributed by atoms with Gasteiger partial charge >= 0.3 is 0 Å². The molecule has 2 heterocycles. The summed E-state index contributed by atoms with van der Waals surface area (Å²) < 4.78 is 5.40. The lowest BCUT2D eigenvalue weighted by Gasteiger charge is -2.28. The van der Waals surface area contributed by atoms with Crippen molar-refractivity contribution in [2.24, 2.45) is 0 Å². The lowest BCUT2D eigenvalue weighted by molar-refractivity contribution is -0.129. The van der Waals surface area contributed by atoms with E-state index in [0.29, 0.717) is 6.54 Å². The van der Waals surface area contributed by atoms with Crippen LogP contribution in [0.1, 0.15) is 18.1 Å². The molecule has 0 aliphatic carbocycles. The monoisotopic (exact) mass is 241 g/mol. The Morgan fingerprint density at radius 3 is 2.89 bits per heavy atom. The predicted molar refractivity (Wildman–Crippen MR) is 68.9 cm³/mol. The molecule has 0 radical (unpaired) electrons. The third-order valence-electron chi connectivity index (χ3n) is 3.47. The largest absolute Gasteiger partial charge is 0.464 e. The fraction of sp³-hybridized carbons (Fsp3) is 0.267. The van der Waals surface area contributed by atoms with Gasteiger partial charge in [-0.2, -0.15) is 0 Å². The molecule has 3 rings (SSSR count). The van der Waals surface area contributed by atoms with Gasteiger partial charge in [-0.25, -0.2) is 0 Å². The van der Waals surface area contributed by atoms with Gasteiger partial charge in [0, 0.05) is 25.6 Å². The molecule has 0 saturated heterocycles. The number of hydrogen-bond donors (Lipinski definition) is 0. The Bertz CT molecular complexity index is 572. The molecule has 1 aliphatic rings. The smallest absolute Gasteiger partial charge is 0.219 e. The number of nitrogens with zero attached hydrogens (tertiary/aromatic N) is 1. The van der Waals surface area contributed by atoms with Crippen molar-refractivity contribution in [2.45, 2.75) is 19.9 Å². The molecule has 0 saturated carbocycles. The minimum atomic E-state index is 0.143. The normalized spacial score (nSPS) is 14.4. The lowest BCUT2D eigenvalue weighted by atomic mass is 9.96. The van der Waals surface area contributed by atoms with Crippen LogP contribution in [0.15, 0.2) is 41.0 Å². The molecule has 1 aromatic carbocycles. The zero-order valence-electron chi connectivity index (χ0n) is 10.3. The summed E-state index contributed by atoms with van der Waals surface area (Å²) in [6, 6.07) is 10.2. The first-order valence-electron chi connectivity index (χ1n) is 6.15. The highest BCUT2D eigenvalue weighted by atomic mass is 16.3. The van der Waals surface area contributed by atoms with Crippen molar-refractivity contribution in [1.82, 2.24) is 4.90 Å². The highest BCUT2D eigenvalue weighted by molar-refractivity contribution is 5.73. The fourth-order valence-electron chi connectivity index (χ4n) is 2.42. The number of benzene rings is 1. The molecule has 0 fully saturated rings. The topological polar surface area (TPSA) is 33.5 Å². The molecule has 1 amide bonds. The maximum Gasteiger partial charge on any atom is 0.219 e. The SMILES string of the molecule is CC(=O)N1CCc2ccc(-c3ccco3)cc2C1. The summed E-state index contributed by atoms with van der Waals surface area (Å²) in [7, 11) is 0. The third kappa shape index (κ3) is 1.92. The van der Waals surface area contributed by atoms with E-state index in [9.17, 15) is 4.79 Å². The van der Waals surface area contributed by atoms with E-state index in [1.807, 2.05) is 17.0 Å². The summed E-state index contributed by atoms with van der Waals surface area (Å²) in [6.45, 7) is 3.16. The van der Waals surface area contributed by atoms with Crippen LogP contribution in [0.3, 0.4) is 0 Å². The van der Waals surface area contributed by atoms with E-state index < -0.39 is 0 Å². The van der Waals surface area contributed by atoms with E-state index in [1.165, 1.54) is 11.1 Å². The number of furan rings is 1. The van der Waals surface area contributed by atoms with E-state index in [1.54, 1.807) is 13.2 Å². The summed E-state index contributed by atoms with van der Waals surface area (Å²) >= 11 is 0. The van der Waals surface area contributed by atoms with E-state index in [4.69, 9.17) is 4.42 Å². The Kier molecular flexibility index (Phi) is 2.67.